The number of unbranched alkanes of at least 4 members (excludes halogenated alkanes) is 47. The van der Waals surface area contributed by atoms with Crippen molar-refractivity contribution in [2.24, 2.45) is 11.8 Å². The van der Waals surface area contributed by atoms with Crippen LogP contribution in [-0.4, -0.2) is 96.7 Å². The topological polar surface area (TPSA) is 237 Å². The lowest BCUT2D eigenvalue weighted by molar-refractivity contribution is -0.161. The van der Waals surface area contributed by atoms with E-state index in [9.17, 15) is 43.2 Å². The van der Waals surface area contributed by atoms with Gasteiger partial charge in [0.2, 0.25) is 0 Å². The normalized spacial score (nSPS) is 14.2. The van der Waals surface area contributed by atoms with E-state index in [4.69, 9.17) is 37.0 Å². The van der Waals surface area contributed by atoms with Crippen LogP contribution in [0.3, 0.4) is 0 Å². The second-order valence-electron chi connectivity index (χ2n) is 29.2. The van der Waals surface area contributed by atoms with E-state index < -0.39 is 97.5 Å². The van der Waals surface area contributed by atoms with Gasteiger partial charge in [0.15, 0.2) is 12.2 Å². The van der Waals surface area contributed by atoms with Crippen molar-refractivity contribution in [1.82, 2.24) is 0 Å². The van der Waals surface area contributed by atoms with Gasteiger partial charge in [-0.3, -0.25) is 37.3 Å². The number of aliphatic hydroxyl groups is 1. The van der Waals surface area contributed by atoms with Crippen LogP contribution in [0, 0.1) is 11.8 Å². The second-order valence-corrected chi connectivity index (χ2v) is 32.1. The Labute approximate surface area is 600 Å². The Hall–Kier alpha value is -1.94. The molecule has 0 aromatic carbocycles. The number of esters is 4. The van der Waals surface area contributed by atoms with E-state index in [-0.39, 0.29) is 25.7 Å². The summed E-state index contributed by atoms with van der Waals surface area (Å²) in [6, 6.07) is 0. The monoisotopic (exact) mass is 1440 g/mol. The van der Waals surface area contributed by atoms with E-state index in [0.29, 0.717) is 25.7 Å². The summed E-state index contributed by atoms with van der Waals surface area (Å²) in [7, 11) is -9.91. The largest absolute Gasteiger partial charge is 0.472 e. The van der Waals surface area contributed by atoms with Crippen molar-refractivity contribution in [1.29, 1.82) is 0 Å². The Balaban J connectivity index is 5.21. The van der Waals surface area contributed by atoms with Crippen LogP contribution in [0.15, 0.2) is 0 Å². The maximum absolute atomic E-state index is 13.1. The van der Waals surface area contributed by atoms with Gasteiger partial charge >= 0.3 is 39.5 Å². The van der Waals surface area contributed by atoms with Crippen LogP contribution in [0.25, 0.3) is 0 Å². The molecule has 0 fully saturated rings. The third-order valence-corrected chi connectivity index (χ3v) is 20.7. The van der Waals surface area contributed by atoms with E-state index in [1.807, 2.05) is 0 Å². The summed E-state index contributed by atoms with van der Waals surface area (Å²) in [6.45, 7) is 9.64. The van der Waals surface area contributed by atoms with E-state index in [2.05, 4.69) is 41.5 Å². The molecule has 0 heterocycles. The molecular weight excluding hydrogens is 1280 g/mol. The quantitative estimate of drug-likeness (QED) is 0.0222. The van der Waals surface area contributed by atoms with Crippen LogP contribution in [-0.2, 0) is 65.4 Å². The summed E-state index contributed by atoms with van der Waals surface area (Å²) >= 11 is 0. The minimum atomic E-state index is -4.96. The van der Waals surface area contributed by atoms with Crippen molar-refractivity contribution in [2.45, 2.75) is 432 Å². The molecule has 3 N–H and O–H groups in total. The fourth-order valence-corrected chi connectivity index (χ4v) is 13.7. The number of carbonyl (C=O) groups is 4. The lowest BCUT2D eigenvalue weighted by Gasteiger charge is -2.21. The number of phosphoric acid groups is 2. The van der Waals surface area contributed by atoms with Gasteiger partial charge in [-0.15, -0.1) is 0 Å². The van der Waals surface area contributed by atoms with Gasteiger partial charge in [0.1, 0.15) is 19.3 Å². The summed E-state index contributed by atoms with van der Waals surface area (Å²) in [5, 5.41) is 10.6. The minimum absolute atomic E-state index is 0.105. The average Bonchev–Trinajstić information content (AvgIpc) is 1.07. The summed E-state index contributed by atoms with van der Waals surface area (Å²) in [5.41, 5.74) is 0. The Kier molecular flexibility index (Phi) is 69.3. The van der Waals surface area contributed by atoms with Gasteiger partial charge < -0.3 is 33.8 Å². The first-order valence-electron chi connectivity index (χ1n) is 41.0. The smallest absolute Gasteiger partial charge is 0.462 e. The van der Waals surface area contributed by atoms with Crippen molar-refractivity contribution < 1.29 is 80.2 Å². The molecule has 19 heteroatoms. The highest BCUT2D eigenvalue weighted by Gasteiger charge is 2.30. The van der Waals surface area contributed by atoms with Gasteiger partial charge in [-0.1, -0.05) is 363 Å². The molecule has 98 heavy (non-hydrogen) atoms. The zero-order valence-corrected chi connectivity index (χ0v) is 65.9. The van der Waals surface area contributed by atoms with Gasteiger partial charge in [-0.25, -0.2) is 9.13 Å². The average molecular weight is 1440 g/mol. The molecule has 0 aliphatic rings. The molecule has 582 valence electrons. The number of ether oxygens (including phenoxy) is 4. The predicted molar refractivity (Wildman–Crippen MR) is 400 cm³/mol. The van der Waals surface area contributed by atoms with E-state index in [1.165, 1.54) is 231 Å². The summed E-state index contributed by atoms with van der Waals surface area (Å²) in [5.74, 6) is -0.522. The standard InChI is InChI=1S/C79H154O17P2/c1-7-10-12-14-16-18-20-21-26-30-33-37-44-50-56-62-77(82)90-67-74(95-78(83)63-57-51-45-38-34-31-28-25-23-22-24-27-29-32-35-41-47-53-59-71(4)5)69-93-97(85,86)91-65-73(80)66-92-98(87,88)94-70-75(68-89-76(81)61-55-49-43-36-19-17-15-13-11-8-2)96-79(84)64-58-52-46-40-39-42-48-54-60-72(6)9-3/h71-75,80H,7-70H2,1-6H3,(H,85,86)(H,87,88)/t72?,73-,74-,75-/m1/s1. The van der Waals surface area contributed by atoms with Crippen LogP contribution in [0.5, 0.6) is 0 Å². The Morgan fingerprint density at radius 3 is 0.776 bits per heavy atom. The Morgan fingerprint density at radius 2 is 0.520 bits per heavy atom. The third-order valence-electron chi connectivity index (χ3n) is 18.8. The highest BCUT2D eigenvalue weighted by Crippen LogP contribution is 2.45. The molecule has 0 rings (SSSR count). The van der Waals surface area contributed by atoms with Crippen molar-refractivity contribution in [3.8, 4) is 0 Å². The lowest BCUT2D eigenvalue weighted by Crippen LogP contribution is -2.30. The Morgan fingerprint density at radius 1 is 0.296 bits per heavy atom. The van der Waals surface area contributed by atoms with Crippen LogP contribution < -0.4 is 0 Å². The molecule has 0 saturated carbocycles. The lowest BCUT2D eigenvalue weighted by atomic mass is 9.99. The molecule has 0 aromatic rings. The van der Waals surface area contributed by atoms with Crippen LogP contribution in [0.2, 0.25) is 0 Å². The van der Waals surface area contributed by atoms with Crippen LogP contribution >= 0.6 is 15.6 Å². The SMILES string of the molecule is CCCCCCCCCCCCCCCCCC(=O)OC[C@H](COP(=O)(O)OC[C@@H](O)COP(=O)(O)OC[C@@H](COC(=O)CCCCCCCCCCCC)OC(=O)CCCCCCCCCCC(C)CC)OC(=O)CCCCCCCCCCCCCCCCCCCCC(C)C. The maximum atomic E-state index is 13.1. The molecule has 3 unspecified atom stereocenters. The first-order valence-corrected chi connectivity index (χ1v) is 44.0. The Bertz CT molecular complexity index is 1890. The van der Waals surface area contributed by atoms with Crippen molar-refractivity contribution >= 4 is 39.5 Å². The van der Waals surface area contributed by atoms with Crippen molar-refractivity contribution in [3.05, 3.63) is 0 Å². The number of hydrogen-bond acceptors (Lipinski definition) is 15. The predicted octanol–water partition coefficient (Wildman–Crippen LogP) is 23.5. The zero-order valence-electron chi connectivity index (χ0n) is 64.1. The third kappa shape index (κ3) is 71.1. The molecule has 0 bridgehead atoms. The number of rotatable bonds is 78. The van der Waals surface area contributed by atoms with E-state index in [0.717, 1.165) is 102 Å². The van der Waals surface area contributed by atoms with Crippen molar-refractivity contribution in [3.63, 3.8) is 0 Å². The highest BCUT2D eigenvalue weighted by molar-refractivity contribution is 7.47. The second kappa shape index (κ2) is 70.7. The van der Waals surface area contributed by atoms with Gasteiger partial charge in [-0.05, 0) is 37.5 Å². The molecule has 0 saturated heterocycles. The minimum Gasteiger partial charge on any atom is -0.462 e. The summed E-state index contributed by atoms with van der Waals surface area (Å²) in [4.78, 5) is 72.9. The first kappa shape index (κ1) is 96.1. The number of hydrogen-bond donors (Lipinski definition) is 3. The summed E-state index contributed by atoms with van der Waals surface area (Å²) < 4.78 is 68.6. The molecule has 0 spiro atoms. The number of carbonyl (C=O) groups excluding carboxylic acids is 4. The molecule has 6 atom stereocenters. The summed E-state index contributed by atoms with van der Waals surface area (Å²) in [6.07, 6.45) is 59.6. The number of aliphatic hydroxyl groups excluding tert-OH is 1. The first-order chi connectivity index (χ1) is 47.4. The van der Waals surface area contributed by atoms with Gasteiger partial charge in [0.25, 0.3) is 0 Å². The van der Waals surface area contributed by atoms with Gasteiger partial charge in [0.05, 0.1) is 26.4 Å². The molecule has 0 aromatic heterocycles. The molecule has 0 aliphatic heterocycles. The van der Waals surface area contributed by atoms with Crippen LogP contribution in [0.1, 0.15) is 414 Å². The number of phosphoric ester groups is 2. The maximum Gasteiger partial charge on any atom is 0.472 e. The highest BCUT2D eigenvalue weighted by atomic mass is 31.2. The van der Waals surface area contributed by atoms with Gasteiger partial charge in [0, 0.05) is 25.7 Å². The fraction of sp³-hybridized carbons (Fsp3) is 0.949. The molecule has 0 amide bonds. The fourth-order valence-electron chi connectivity index (χ4n) is 12.2. The van der Waals surface area contributed by atoms with E-state index >= 15 is 0 Å². The zero-order chi connectivity index (χ0) is 72.1. The molecule has 0 aliphatic carbocycles. The van der Waals surface area contributed by atoms with E-state index in [1.54, 1.807) is 0 Å². The molecule has 0 radical (unpaired) electrons. The molecule has 17 nitrogen and oxygen atoms in total. The van der Waals surface area contributed by atoms with Crippen molar-refractivity contribution in [2.75, 3.05) is 39.6 Å². The van der Waals surface area contributed by atoms with Gasteiger partial charge in [-0.2, -0.15) is 0 Å². The van der Waals surface area contributed by atoms with Crippen LogP contribution in [0.4, 0.5) is 0 Å². The molecular formula is C79H154O17P2.